The van der Waals surface area contributed by atoms with Crippen molar-refractivity contribution in [3.05, 3.63) is 59.0 Å². The van der Waals surface area contributed by atoms with Crippen molar-refractivity contribution in [2.24, 2.45) is 0 Å². The molecule has 3 atom stereocenters. The average molecular weight is 564 g/mol. The molecule has 0 amide bonds. The number of carbonyl (C=O) groups excluding carboxylic acids is 2. The standard InChI is InChI=1S/C32H41N3O6/c1-8-40-23-16-22-11-13-32(17-23,27-10-9-21(18-33-27)29(36)39-7)35(22)19-25-24-12-14-34(30(37)41-31(3,4)5)28(24)20(2)15-26(25)38-6/h9-10,12,14-15,18,22-23H,8,11,13,16-17,19H2,1-7H3. The number of carbonyl (C=O) groups is 2. The number of nitrogens with zero attached hydrogens (tertiary/aromatic N) is 3. The fourth-order valence-electron chi connectivity index (χ4n) is 6.75. The molecule has 2 aliphatic rings. The summed E-state index contributed by atoms with van der Waals surface area (Å²) in [6.07, 6.45) is 6.80. The summed E-state index contributed by atoms with van der Waals surface area (Å²) in [6.45, 7) is 10.9. The van der Waals surface area contributed by atoms with E-state index in [1.54, 1.807) is 30.1 Å². The zero-order valence-corrected chi connectivity index (χ0v) is 25.2. The van der Waals surface area contributed by atoms with Crippen LogP contribution in [0, 0.1) is 6.92 Å². The number of esters is 1. The number of pyridine rings is 1. The number of methoxy groups -OCH3 is 2. The molecule has 2 bridgehead atoms. The van der Waals surface area contributed by atoms with Crippen LogP contribution in [0.15, 0.2) is 36.7 Å². The molecule has 3 aromatic rings. The van der Waals surface area contributed by atoms with Gasteiger partial charge >= 0.3 is 12.1 Å². The van der Waals surface area contributed by atoms with Gasteiger partial charge in [-0.2, -0.15) is 0 Å². The molecule has 2 aromatic heterocycles. The Morgan fingerprint density at radius 1 is 1.17 bits per heavy atom. The number of benzene rings is 1. The predicted molar refractivity (Wildman–Crippen MR) is 155 cm³/mol. The van der Waals surface area contributed by atoms with Gasteiger partial charge in [-0.05, 0) is 90.1 Å². The van der Waals surface area contributed by atoms with Crippen LogP contribution in [0.2, 0.25) is 0 Å². The number of hydrogen-bond acceptors (Lipinski definition) is 8. The molecule has 2 saturated heterocycles. The lowest BCUT2D eigenvalue weighted by molar-refractivity contribution is -0.0608. The van der Waals surface area contributed by atoms with Crippen molar-refractivity contribution in [2.45, 2.75) is 90.1 Å². The normalized spacial score (nSPS) is 22.6. The molecule has 0 saturated carbocycles. The lowest BCUT2D eigenvalue weighted by Gasteiger charge is -2.47. The van der Waals surface area contributed by atoms with Crippen molar-refractivity contribution >= 4 is 23.0 Å². The molecule has 2 aliphatic heterocycles. The number of rotatable bonds is 7. The summed E-state index contributed by atoms with van der Waals surface area (Å²) in [5.41, 5.74) is 3.15. The Labute approximate surface area is 241 Å². The molecule has 9 heteroatoms. The molecule has 0 aliphatic carbocycles. The van der Waals surface area contributed by atoms with E-state index in [0.29, 0.717) is 18.7 Å². The maximum Gasteiger partial charge on any atom is 0.419 e. The highest BCUT2D eigenvalue weighted by Gasteiger charge is 2.54. The van der Waals surface area contributed by atoms with Gasteiger partial charge in [0, 0.05) is 42.5 Å². The molecule has 4 heterocycles. The lowest BCUT2D eigenvalue weighted by atomic mass is 9.82. The fraction of sp³-hybridized carbons (Fsp3) is 0.531. The Balaban J connectivity index is 1.59. The third-order valence-electron chi connectivity index (χ3n) is 8.41. The number of fused-ring (bicyclic) bond motifs is 3. The van der Waals surface area contributed by atoms with Crippen LogP contribution in [-0.2, 0) is 26.3 Å². The van der Waals surface area contributed by atoms with Crippen LogP contribution in [0.25, 0.3) is 10.9 Å². The molecule has 41 heavy (non-hydrogen) atoms. The summed E-state index contributed by atoms with van der Waals surface area (Å²) in [6, 6.07) is 8.02. The zero-order valence-electron chi connectivity index (χ0n) is 25.2. The molecule has 5 rings (SSSR count). The maximum atomic E-state index is 13.1. The first-order valence-electron chi connectivity index (χ1n) is 14.4. The van der Waals surface area contributed by atoms with Gasteiger partial charge in [-0.15, -0.1) is 0 Å². The average Bonchev–Trinajstić information content (AvgIpc) is 3.47. The van der Waals surface area contributed by atoms with Crippen LogP contribution in [0.3, 0.4) is 0 Å². The number of ether oxygens (including phenoxy) is 4. The first-order chi connectivity index (χ1) is 19.5. The lowest BCUT2D eigenvalue weighted by Crippen LogP contribution is -2.52. The van der Waals surface area contributed by atoms with Gasteiger partial charge in [0.2, 0.25) is 0 Å². The van der Waals surface area contributed by atoms with Gasteiger partial charge in [-0.25, -0.2) is 9.59 Å². The van der Waals surface area contributed by atoms with Crippen molar-refractivity contribution in [1.29, 1.82) is 0 Å². The second kappa shape index (κ2) is 11.1. The number of hydrogen-bond donors (Lipinski definition) is 0. The Bertz CT molecular complexity index is 1440. The molecular formula is C32H41N3O6. The molecule has 1 aromatic carbocycles. The summed E-state index contributed by atoms with van der Waals surface area (Å²) >= 11 is 0. The second-order valence-electron chi connectivity index (χ2n) is 12.1. The van der Waals surface area contributed by atoms with Crippen molar-refractivity contribution in [3.8, 4) is 5.75 Å². The van der Waals surface area contributed by atoms with Crippen LogP contribution in [0.4, 0.5) is 4.79 Å². The van der Waals surface area contributed by atoms with Crippen LogP contribution in [0.5, 0.6) is 5.75 Å². The van der Waals surface area contributed by atoms with Crippen LogP contribution in [-0.4, -0.2) is 65.1 Å². The Morgan fingerprint density at radius 3 is 2.59 bits per heavy atom. The second-order valence-corrected chi connectivity index (χ2v) is 12.1. The van der Waals surface area contributed by atoms with Gasteiger partial charge in [0.15, 0.2) is 0 Å². The van der Waals surface area contributed by atoms with Crippen molar-refractivity contribution in [3.63, 3.8) is 0 Å². The third kappa shape index (κ3) is 5.33. The van der Waals surface area contributed by atoms with E-state index in [0.717, 1.165) is 59.2 Å². The Kier molecular flexibility index (Phi) is 7.87. The number of aryl methyl sites for hydroxylation is 1. The fourth-order valence-corrected chi connectivity index (χ4v) is 6.75. The van der Waals surface area contributed by atoms with E-state index in [9.17, 15) is 9.59 Å². The van der Waals surface area contributed by atoms with E-state index in [1.807, 2.05) is 52.8 Å². The largest absolute Gasteiger partial charge is 0.496 e. The van der Waals surface area contributed by atoms with Crippen molar-refractivity contribution in [1.82, 2.24) is 14.5 Å². The van der Waals surface area contributed by atoms with E-state index < -0.39 is 17.7 Å². The third-order valence-corrected chi connectivity index (χ3v) is 8.41. The molecule has 0 spiro atoms. The molecule has 2 fully saturated rings. The van der Waals surface area contributed by atoms with E-state index in [4.69, 9.17) is 23.9 Å². The first-order valence-corrected chi connectivity index (χ1v) is 14.4. The van der Waals surface area contributed by atoms with Crippen LogP contribution in [0.1, 0.15) is 80.6 Å². The molecule has 220 valence electrons. The van der Waals surface area contributed by atoms with Crippen LogP contribution < -0.4 is 4.74 Å². The zero-order chi connectivity index (χ0) is 29.5. The van der Waals surface area contributed by atoms with E-state index in [2.05, 4.69) is 4.90 Å². The molecule has 0 radical (unpaired) electrons. The smallest absolute Gasteiger partial charge is 0.419 e. The molecular weight excluding hydrogens is 522 g/mol. The Hall–Kier alpha value is -3.43. The van der Waals surface area contributed by atoms with E-state index in [-0.39, 0.29) is 17.7 Å². The maximum absolute atomic E-state index is 13.1. The highest BCUT2D eigenvalue weighted by Crippen LogP contribution is 2.52. The number of piperidine rings is 1. The van der Waals surface area contributed by atoms with Gasteiger partial charge in [-0.1, -0.05) is 0 Å². The minimum Gasteiger partial charge on any atom is -0.496 e. The van der Waals surface area contributed by atoms with Crippen LogP contribution >= 0.6 is 0 Å². The summed E-state index contributed by atoms with van der Waals surface area (Å²) in [5.74, 6) is 0.382. The highest BCUT2D eigenvalue weighted by molar-refractivity contribution is 5.95. The van der Waals surface area contributed by atoms with Gasteiger partial charge < -0.3 is 18.9 Å². The quantitative estimate of drug-likeness (QED) is 0.324. The molecule has 3 unspecified atom stereocenters. The highest BCUT2D eigenvalue weighted by atomic mass is 16.6. The summed E-state index contributed by atoms with van der Waals surface area (Å²) in [4.78, 5) is 32.6. The van der Waals surface area contributed by atoms with E-state index in [1.165, 1.54) is 7.11 Å². The minimum atomic E-state index is -0.607. The van der Waals surface area contributed by atoms with Gasteiger partial charge in [-0.3, -0.25) is 14.5 Å². The van der Waals surface area contributed by atoms with Gasteiger partial charge in [0.05, 0.1) is 42.6 Å². The Morgan fingerprint density at radius 2 is 1.95 bits per heavy atom. The van der Waals surface area contributed by atoms with Crippen molar-refractivity contribution in [2.75, 3.05) is 20.8 Å². The monoisotopic (exact) mass is 563 g/mol. The minimum absolute atomic E-state index is 0.124. The molecule has 0 N–H and O–H groups in total. The number of aromatic nitrogens is 2. The summed E-state index contributed by atoms with van der Waals surface area (Å²) < 4.78 is 24.3. The summed E-state index contributed by atoms with van der Waals surface area (Å²) in [7, 11) is 3.06. The SMILES string of the molecule is CCOC1CC2CCC(c3ccc(C(=O)OC)cn3)(C1)N2Cc1c(OC)cc(C)c2c1ccn2C(=O)OC(C)(C)C. The van der Waals surface area contributed by atoms with Crippen molar-refractivity contribution < 1.29 is 28.5 Å². The van der Waals surface area contributed by atoms with E-state index >= 15 is 0 Å². The molecule has 9 nitrogen and oxygen atoms in total. The topological polar surface area (TPSA) is 92.1 Å². The summed E-state index contributed by atoms with van der Waals surface area (Å²) in [5, 5.41) is 0.961. The van der Waals surface area contributed by atoms with Gasteiger partial charge in [0.25, 0.3) is 0 Å². The van der Waals surface area contributed by atoms with Gasteiger partial charge in [0.1, 0.15) is 11.4 Å². The first kappa shape index (κ1) is 29.1. The predicted octanol–water partition coefficient (Wildman–Crippen LogP) is 5.98.